The number of halogens is 1. The number of benzene rings is 1. The van der Waals surface area contributed by atoms with Gasteiger partial charge < -0.3 is 14.7 Å². The number of hydrogen-bond acceptors (Lipinski definition) is 6. The molecule has 174 valence electrons. The zero-order valence-electron chi connectivity index (χ0n) is 18.1. The number of hydrogen-bond donors (Lipinski definition) is 2. The zero-order valence-corrected chi connectivity index (χ0v) is 19.6. The van der Waals surface area contributed by atoms with E-state index in [2.05, 4.69) is 20.5 Å². The average Bonchev–Trinajstić information content (AvgIpc) is 3.64. The lowest BCUT2D eigenvalue weighted by molar-refractivity contribution is 0.0702. The third kappa shape index (κ3) is 3.76. The van der Waals surface area contributed by atoms with Crippen molar-refractivity contribution in [3.8, 4) is 28.1 Å². The van der Waals surface area contributed by atoms with E-state index >= 15 is 0 Å². The van der Waals surface area contributed by atoms with Crippen molar-refractivity contribution in [3.05, 3.63) is 91.9 Å². The van der Waals surface area contributed by atoms with Gasteiger partial charge in [-0.25, -0.2) is 4.79 Å². The summed E-state index contributed by atoms with van der Waals surface area (Å²) in [5.74, 6) is -0.942. The first-order valence-electron chi connectivity index (χ1n) is 10.8. The second-order valence-corrected chi connectivity index (χ2v) is 9.59. The monoisotopic (exact) mass is 504 g/mol. The number of aromatic carboxylic acids is 1. The molecule has 1 aliphatic rings. The molecule has 9 nitrogen and oxygen atoms in total. The van der Waals surface area contributed by atoms with Gasteiger partial charge in [0, 0.05) is 44.7 Å². The Morgan fingerprint density at radius 2 is 2.03 bits per heavy atom. The Bertz CT molecular complexity index is 1640. The molecule has 1 atom stereocenters. The molecule has 0 radical (unpaired) electrons. The Kier molecular flexibility index (Phi) is 5.12. The molecule has 35 heavy (non-hydrogen) atoms. The van der Waals surface area contributed by atoms with E-state index in [0.717, 1.165) is 52.3 Å². The highest BCUT2D eigenvalue weighted by atomic mass is 35.5. The number of aryl methyl sites for hydroxylation is 1. The SMILES string of the molecule is O=C(O)c1cc(-c2ccc(C3CCc4cc(-c5cc(Cl)ccc5-n5cnnn5)cc(=O)n43)[nH]2)cs1. The smallest absolute Gasteiger partial charge is 0.345 e. The van der Waals surface area contributed by atoms with E-state index in [1.165, 1.54) is 17.7 Å². The lowest BCUT2D eigenvalue weighted by Gasteiger charge is -2.15. The van der Waals surface area contributed by atoms with Crippen molar-refractivity contribution < 1.29 is 9.90 Å². The zero-order chi connectivity index (χ0) is 24.1. The number of aromatic amines is 1. The number of pyridine rings is 1. The third-order valence-electron chi connectivity index (χ3n) is 6.19. The molecule has 2 N–H and O–H groups in total. The first kappa shape index (κ1) is 21.5. The molecule has 0 amide bonds. The Hall–Kier alpha value is -4.02. The van der Waals surface area contributed by atoms with Gasteiger partial charge in [0.2, 0.25) is 0 Å². The van der Waals surface area contributed by atoms with Crippen molar-refractivity contribution in [2.75, 3.05) is 0 Å². The summed E-state index contributed by atoms with van der Waals surface area (Å²) >= 11 is 7.47. The van der Waals surface area contributed by atoms with Crippen LogP contribution in [0.5, 0.6) is 0 Å². The van der Waals surface area contributed by atoms with Crippen LogP contribution in [0, 0.1) is 0 Å². The van der Waals surface area contributed by atoms with E-state index in [0.29, 0.717) is 5.02 Å². The maximum Gasteiger partial charge on any atom is 0.345 e. The van der Waals surface area contributed by atoms with Gasteiger partial charge in [0.1, 0.15) is 11.2 Å². The summed E-state index contributed by atoms with van der Waals surface area (Å²) in [6.07, 6.45) is 3.02. The largest absolute Gasteiger partial charge is 0.477 e. The van der Waals surface area contributed by atoms with Gasteiger partial charge in [-0.05, 0) is 71.3 Å². The summed E-state index contributed by atoms with van der Waals surface area (Å²) in [5, 5.41) is 23.0. The summed E-state index contributed by atoms with van der Waals surface area (Å²) in [7, 11) is 0. The Labute approximate surface area is 207 Å². The van der Waals surface area contributed by atoms with Crippen molar-refractivity contribution in [2.45, 2.75) is 18.9 Å². The Balaban J connectivity index is 1.37. The molecular formula is C24H17ClN6O3S. The highest BCUT2D eigenvalue weighted by Crippen LogP contribution is 2.35. The number of H-pyrrole nitrogens is 1. The molecule has 1 unspecified atom stereocenters. The van der Waals surface area contributed by atoms with E-state index in [1.54, 1.807) is 28.9 Å². The van der Waals surface area contributed by atoms with E-state index in [9.17, 15) is 14.7 Å². The topological polar surface area (TPSA) is 119 Å². The van der Waals surface area contributed by atoms with Crippen LogP contribution in [0.15, 0.2) is 65.0 Å². The van der Waals surface area contributed by atoms with Crippen LogP contribution in [0.2, 0.25) is 5.02 Å². The lowest BCUT2D eigenvalue weighted by Crippen LogP contribution is -2.23. The second kappa shape index (κ2) is 8.33. The van der Waals surface area contributed by atoms with Crippen molar-refractivity contribution in [3.63, 3.8) is 0 Å². The van der Waals surface area contributed by atoms with Crippen molar-refractivity contribution in [1.82, 2.24) is 29.8 Å². The van der Waals surface area contributed by atoms with Crippen LogP contribution in [-0.2, 0) is 6.42 Å². The fourth-order valence-electron chi connectivity index (χ4n) is 4.62. The van der Waals surface area contributed by atoms with E-state index in [1.807, 2.05) is 34.2 Å². The summed E-state index contributed by atoms with van der Waals surface area (Å²) in [6, 6.07) is 14.4. The summed E-state index contributed by atoms with van der Waals surface area (Å²) < 4.78 is 3.36. The molecule has 0 bridgehead atoms. The van der Waals surface area contributed by atoms with Crippen LogP contribution < -0.4 is 5.56 Å². The lowest BCUT2D eigenvalue weighted by atomic mass is 10.0. The summed E-state index contributed by atoms with van der Waals surface area (Å²) in [4.78, 5) is 28.2. The second-order valence-electron chi connectivity index (χ2n) is 8.25. The van der Waals surface area contributed by atoms with Gasteiger partial charge in [-0.15, -0.1) is 16.4 Å². The van der Waals surface area contributed by atoms with Gasteiger partial charge in [-0.3, -0.25) is 4.79 Å². The van der Waals surface area contributed by atoms with Gasteiger partial charge in [-0.2, -0.15) is 4.68 Å². The van der Waals surface area contributed by atoms with Crippen molar-refractivity contribution >= 4 is 28.9 Å². The minimum Gasteiger partial charge on any atom is -0.477 e. The summed E-state index contributed by atoms with van der Waals surface area (Å²) in [6.45, 7) is 0. The van der Waals surface area contributed by atoms with Crippen molar-refractivity contribution in [2.24, 2.45) is 0 Å². The van der Waals surface area contributed by atoms with Crippen LogP contribution >= 0.6 is 22.9 Å². The molecule has 1 aromatic carbocycles. The molecule has 0 fully saturated rings. The highest BCUT2D eigenvalue weighted by molar-refractivity contribution is 7.12. The number of fused-ring (bicyclic) bond motifs is 1. The van der Waals surface area contributed by atoms with Crippen LogP contribution in [-0.4, -0.2) is 40.8 Å². The van der Waals surface area contributed by atoms with Crippen LogP contribution in [0.3, 0.4) is 0 Å². The van der Waals surface area contributed by atoms with Crippen molar-refractivity contribution in [1.29, 1.82) is 0 Å². The number of nitrogens with one attached hydrogen (secondary N) is 1. The van der Waals surface area contributed by atoms with E-state index in [4.69, 9.17) is 11.6 Å². The quantitative estimate of drug-likeness (QED) is 0.365. The molecule has 6 rings (SSSR count). The number of tetrazole rings is 1. The normalized spacial score (nSPS) is 14.8. The molecule has 0 saturated carbocycles. The molecule has 5 aromatic rings. The molecule has 1 aliphatic heterocycles. The standard InChI is InChI=1S/C24H17ClN6O3S/c25-15-1-5-20(30-12-26-28-29-30)17(10-15)13-7-16-2-6-21(31(16)23(32)9-13)19-4-3-18(27-19)14-8-22(24(33)34)35-11-14/h1,3-5,7-12,21,27H,2,6H2,(H,33,34). The van der Waals surface area contributed by atoms with Gasteiger partial charge in [0.05, 0.1) is 11.7 Å². The minimum atomic E-state index is -0.942. The Morgan fingerprint density at radius 1 is 1.14 bits per heavy atom. The number of thiophene rings is 1. The van der Waals surface area contributed by atoms with E-state index < -0.39 is 5.97 Å². The third-order valence-corrected chi connectivity index (χ3v) is 7.34. The Morgan fingerprint density at radius 3 is 2.80 bits per heavy atom. The predicted molar refractivity (Wildman–Crippen MR) is 131 cm³/mol. The van der Waals surface area contributed by atoms with Crippen LogP contribution in [0.25, 0.3) is 28.1 Å². The first-order chi connectivity index (χ1) is 17.0. The average molecular weight is 505 g/mol. The number of aromatic nitrogens is 6. The fourth-order valence-corrected chi connectivity index (χ4v) is 5.54. The number of rotatable bonds is 5. The molecule has 0 saturated heterocycles. The maximum atomic E-state index is 13.3. The van der Waals surface area contributed by atoms with E-state index in [-0.39, 0.29) is 16.5 Å². The summed E-state index contributed by atoms with van der Waals surface area (Å²) in [5.41, 5.74) is 5.62. The van der Waals surface area contributed by atoms with Gasteiger partial charge in [0.25, 0.3) is 5.56 Å². The first-order valence-corrected chi connectivity index (χ1v) is 12.0. The molecule has 0 aliphatic carbocycles. The predicted octanol–water partition coefficient (Wildman–Crippen LogP) is 4.43. The number of carboxylic acids is 1. The maximum absolute atomic E-state index is 13.3. The molecular weight excluding hydrogens is 488 g/mol. The number of carbonyl (C=O) groups is 1. The highest BCUT2D eigenvalue weighted by Gasteiger charge is 2.27. The molecule has 5 heterocycles. The van der Waals surface area contributed by atoms with Gasteiger partial charge >= 0.3 is 5.97 Å². The van der Waals surface area contributed by atoms with Crippen LogP contribution in [0.1, 0.15) is 33.5 Å². The molecule has 11 heteroatoms. The number of nitrogens with zero attached hydrogens (tertiary/aromatic N) is 5. The molecule has 0 spiro atoms. The van der Waals surface area contributed by atoms with Gasteiger partial charge in [0.15, 0.2) is 0 Å². The fraction of sp³-hybridized carbons (Fsp3) is 0.125. The molecule has 4 aromatic heterocycles. The van der Waals surface area contributed by atoms with Crippen LogP contribution in [0.4, 0.5) is 0 Å². The number of carboxylic acid groups (broad SMARTS) is 1. The minimum absolute atomic E-state index is 0.109. The van der Waals surface area contributed by atoms with Gasteiger partial charge in [-0.1, -0.05) is 11.6 Å².